The zero-order valence-electron chi connectivity index (χ0n) is 14.1. The Hall–Kier alpha value is -2.05. The molecule has 5 nitrogen and oxygen atoms in total. The van der Waals surface area contributed by atoms with Crippen molar-refractivity contribution in [3.8, 4) is 0 Å². The van der Waals surface area contributed by atoms with E-state index in [1.165, 1.54) is 15.6 Å². The number of fused-ring (bicyclic) bond motifs is 1. The van der Waals surface area contributed by atoms with Gasteiger partial charge in [-0.2, -0.15) is 0 Å². The number of aryl methyl sites for hydroxylation is 2. The molecule has 3 heterocycles. The summed E-state index contributed by atoms with van der Waals surface area (Å²) in [5.74, 6) is 0.981. The first-order chi connectivity index (χ1) is 11.7. The number of piperazine rings is 1. The lowest BCUT2D eigenvalue weighted by Crippen LogP contribution is -2.46. The minimum Gasteiger partial charge on any atom is -0.353 e. The molecule has 0 saturated carbocycles. The molecular formula is C18H21N5S. The van der Waals surface area contributed by atoms with Gasteiger partial charge in [0.2, 0.25) is 0 Å². The summed E-state index contributed by atoms with van der Waals surface area (Å²) in [5.41, 5.74) is 3.08. The number of hydrogen-bond acceptors (Lipinski definition) is 6. The smallest absolute Gasteiger partial charge is 0.147 e. The first-order valence-electron chi connectivity index (χ1n) is 8.31. The summed E-state index contributed by atoms with van der Waals surface area (Å²) in [7, 11) is 0. The fraction of sp³-hybridized carbons (Fsp3) is 0.389. The molecule has 24 heavy (non-hydrogen) atoms. The molecule has 0 amide bonds. The molecule has 0 atom stereocenters. The highest BCUT2D eigenvalue weighted by Crippen LogP contribution is 2.20. The maximum atomic E-state index is 4.76. The van der Waals surface area contributed by atoms with Crippen molar-refractivity contribution in [3.05, 3.63) is 46.0 Å². The maximum absolute atomic E-state index is 4.76. The lowest BCUT2D eigenvalue weighted by atomic mass is 10.3. The Morgan fingerprint density at radius 1 is 1.00 bits per heavy atom. The van der Waals surface area contributed by atoms with Gasteiger partial charge in [0, 0.05) is 31.1 Å². The third kappa shape index (κ3) is 3.12. The predicted octanol–water partition coefficient (Wildman–Crippen LogP) is 3.03. The van der Waals surface area contributed by atoms with Crippen LogP contribution in [0.1, 0.15) is 15.6 Å². The van der Waals surface area contributed by atoms with Crippen molar-refractivity contribution in [2.24, 2.45) is 0 Å². The highest BCUT2D eigenvalue weighted by atomic mass is 32.1. The van der Waals surface area contributed by atoms with Crippen LogP contribution < -0.4 is 4.90 Å². The lowest BCUT2D eigenvalue weighted by molar-refractivity contribution is 0.249. The monoisotopic (exact) mass is 339 g/mol. The number of rotatable bonds is 3. The number of thiazole rings is 1. The Morgan fingerprint density at radius 2 is 1.75 bits per heavy atom. The van der Waals surface area contributed by atoms with Gasteiger partial charge < -0.3 is 4.90 Å². The molecule has 1 aromatic carbocycles. The zero-order chi connectivity index (χ0) is 16.5. The van der Waals surface area contributed by atoms with E-state index in [0.717, 1.165) is 49.6 Å². The summed E-state index contributed by atoms with van der Waals surface area (Å²) in [6, 6.07) is 8.03. The molecule has 1 fully saturated rings. The summed E-state index contributed by atoms with van der Waals surface area (Å²) >= 11 is 1.82. The van der Waals surface area contributed by atoms with E-state index < -0.39 is 0 Å². The average molecular weight is 339 g/mol. The first-order valence-corrected chi connectivity index (χ1v) is 9.13. The van der Waals surface area contributed by atoms with Crippen molar-refractivity contribution in [1.82, 2.24) is 19.9 Å². The summed E-state index contributed by atoms with van der Waals surface area (Å²) in [4.78, 5) is 20.1. The van der Waals surface area contributed by atoms with Crippen molar-refractivity contribution >= 4 is 28.2 Å². The number of benzene rings is 1. The molecule has 3 aromatic rings. The number of para-hydroxylation sites is 2. The molecule has 0 N–H and O–H groups in total. The van der Waals surface area contributed by atoms with Gasteiger partial charge >= 0.3 is 0 Å². The van der Waals surface area contributed by atoms with Crippen molar-refractivity contribution in [2.75, 3.05) is 31.1 Å². The molecule has 0 radical (unpaired) electrons. The van der Waals surface area contributed by atoms with Crippen LogP contribution in [0.25, 0.3) is 11.0 Å². The van der Waals surface area contributed by atoms with E-state index in [9.17, 15) is 0 Å². The Balaban J connectivity index is 1.41. The fourth-order valence-electron chi connectivity index (χ4n) is 3.03. The van der Waals surface area contributed by atoms with E-state index in [1.807, 2.05) is 41.8 Å². The number of nitrogens with zero attached hydrogens (tertiary/aromatic N) is 5. The lowest BCUT2D eigenvalue weighted by Gasteiger charge is -2.34. The Morgan fingerprint density at radius 3 is 2.46 bits per heavy atom. The highest BCUT2D eigenvalue weighted by Gasteiger charge is 2.19. The summed E-state index contributed by atoms with van der Waals surface area (Å²) in [5, 5.41) is 1.23. The molecule has 0 aliphatic carbocycles. The average Bonchev–Trinajstić information content (AvgIpc) is 2.92. The van der Waals surface area contributed by atoms with E-state index in [1.54, 1.807) is 0 Å². The van der Waals surface area contributed by atoms with E-state index in [2.05, 4.69) is 33.6 Å². The number of hydrogen-bond donors (Lipinski definition) is 0. The largest absolute Gasteiger partial charge is 0.353 e. The Bertz CT molecular complexity index is 832. The normalized spacial score (nSPS) is 16.0. The standard InChI is InChI=1S/C18H21N5S/c1-13-14(2)24-18(20-13)12-22-7-9-23(10-8-22)17-11-19-15-5-3-4-6-16(15)21-17/h3-6,11H,7-10,12H2,1-2H3. The Labute approximate surface area is 146 Å². The van der Waals surface area contributed by atoms with Crippen LogP contribution in [0, 0.1) is 13.8 Å². The maximum Gasteiger partial charge on any atom is 0.147 e. The van der Waals surface area contributed by atoms with Gasteiger partial charge in [-0.15, -0.1) is 11.3 Å². The fourth-order valence-corrected chi connectivity index (χ4v) is 4.01. The molecule has 0 bridgehead atoms. The predicted molar refractivity (Wildman–Crippen MR) is 98.6 cm³/mol. The van der Waals surface area contributed by atoms with Gasteiger partial charge in [-0.1, -0.05) is 12.1 Å². The van der Waals surface area contributed by atoms with Crippen molar-refractivity contribution < 1.29 is 0 Å². The van der Waals surface area contributed by atoms with Crippen molar-refractivity contribution in [2.45, 2.75) is 20.4 Å². The van der Waals surface area contributed by atoms with E-state index in [0.29, 0.717) is 0 Å². The molecule has 0 spiro atoms. The van der Waals surface area contributed by atoms with Gasteiger partial charge in [-0.05, 0) is 26.0 Å². The second kappa shape index (κ2) is 6.45. The van der Waals surface area contributed by atoms with Crippen LogP contribution in [0.4, 0.5) is 5.82 Å². The van der Waals surface area contributed by atoms with E-state index in [4.69, 9.17) is 4.98 Å². The SMILES string of the molecule is Cc1nc(CN2CCN(c3cnc4ccccc4n3)CC2)sc1C. The van der Waals surface area contributed by atoms with Crippen LogP contribution in [0.15, 0.2) is 30.5 Å². The van der Waals surface area contributed by atoms with Gasteiger partial charge in [-0.3, -0.25) is 9.88 Å². The summed E-state index contributed by atoms with van der Waals surface area (Å²) < 4.78 is 0. The van der Waals surface area contributed by atoms with Gasteiger partial charge in [0.1, 0.15) is 10.8 Å². The minimum atomic E-state index is 0.953. The summed E-state index contributed by atoms with van der Waals surface area (Å²) in [6.45, 7) is 9.22. The number of aromatic nitrogens is 3. The molecule has 0 unspecified atom stereocenters. The van der Waals surface area contributed by atoms with Crippen LogP contribution in [0.2, 0.25) is 0 Å². The second-order valence-electron chi connectivity index (χ2n) is 6.23. The van der Waals surface area contributed by atoms with Crippen molar-refractivity contribution in [1.29, 1.82) is 0 Å². The van der Waals surface area contributed by atoms with Gasteiger partial charge in [0.15, 0.2) is 0 Å². The van der Waals surface area contributed by atoms with Crippen LogP contribution in [-0.4, -0.2) is 46.0 Å². The zero-order valence-corrected chi connectivity index (χ0v) is 14.9. The third-order valence-electron chi connectivity index (χ3n) is 4.56. The van der Waals surface area contributed by atoms with Crippen LogP contribution in [0.3, 0.4) is 0 Å². The molecule has 6 heteroatoms. The van der Waals surface area contributed by atoms with E-state index >= 15 is 0 Å². The quantitative estimate of drug-likeness (QED) is 0.734. The van der Waals surface area contributed by atoms with Gasteiger partial charge in [0.05, 0.1) is 29.5 Å². The van der Waals surface area contributed by atoms with Gasteiger partial charge in [-0.25, -0.2) is 9.97 Å². The summed E-state index contributed by atoms with van der Waals surface area (Å²) in [6.07, 6.45) is 1.89. The molecule has 2 aromatic heterocycles. The van der Waals surface area contributed by atoms with Crippen LogP contribution >= 0.6 is 11.3 Å². The molecule has 1 aliphatic heterocycles. The first kappa shape index (κ1) is 15.5. The minimum absolute atomic E-state index is 0.953. The van der Waals surface area contributed by atoms with E-state index in [-0.39, 0.29) is 0 Å². The highest BCUT2D eigenvalue weighted by molar-refractivity contribution is 7.11. The molecule has 1 aliphatic rings. The molecule has 4 rings (SSSR count). The molecular weight excluding hydrogens is 318 g/mol. The van der Waals surface area contributed by atoms with Crippen molar-refractivity contribution in [3.63, 3.8) is 0 Å². The molecule has 1 saturated heterocycles. The number of anilines is 1. The Kier molecular flexibility index (Phi) is 4.16. The van der Waals surface area contributed by atoms with Crippen LogP contribution in [0.5, 0.6) is 0 Å². The van der Waals surface area contributed by atoms with Gasteiger partial charge in [0.25, 0.3) is 0 Å². The third-order valence-corrected chi connectivity index (χ3v) is 5.62. The molecule has 124 valence electrons. The van der Waals surface area contributed by atoms with Crippen LogP contribution in [-0.2, 0) is 6.54 Å². The second-order valence-corrected chi connectivity index (χ2v) is 7.52. The topological polar surface area (TPSA) is 45.2 Å².